The Morgan fingerprint density at radius 3 is 2.92 bits per heavy atom. The van der Waals surface area contributed by atoms with Gasteiger partial charge in [-0.15, -0.1) is 0 Å². The molecule has 0 fully saturated rings. The summed E-state index contributed by atoms with van der Waals surface area (Å²) in [6, 6.07) is 0. The van der Waals surface area contributed by atoms with E-state index in [4.69, 9.17) is 0 Å². The maximum Gasteiger partial charge on any atom is 0.00207 e. The van der Waals surface area contributed by atoms with E-state index in [1.165, 1.54) is 12.8 Å². The third kappa shape index (κ3) is 1.77. The standard InChI is InChI=1S/C13H18/c1-10(2)12-8-7-11-5-3-4-6-13(11)9-12/h3-7,10,12-13H,8-9H2,1-2H3. The van der Waals surface area contributed by atoms with Crippen molar-refractivity contribution in [3.63, 3.8) is 0 Å². The lowest BCUT2D eigenvalue weighted by molar-refractivity contribution is 0.325. The predicted molar refractivity (Wildman–Crippen MR) is 57.4 cm³/mol. The van der Waals surface area contributed by atoms with Crippen molar-refractivity contribution >= 4 is 0 Å². The molecule has 0 heteroatoms. The van der Waals surface area contributed by atoms with E-state index >= 15 is 0 Å². The fraction of sp³-hybridized carbons (Fsp3) is 0.538. The molecule has 2 unspecified atom stereocenters. The van der Waals surface area contributed by atoms with Gasteiger partial charge in [0.2, 0.25) is 0 Å². The quantitative estimate of drug-likeness (QED) is 0.568. The molecule has 13 heavy (non-hydrogen) atoms. The van der Waals surface area contributed by atoms with Crippen LogP contribution in [0.1, 0.15) is 26.7 Å². The summed E-state index contributed by atoms with van der Waals surface area (Å²) >= 11 is 0. The van der Waals surface area contributed by atoms with Crippen LogP contribution in [0.15, 0.2) is 36.0 Å². The lowest BCUT2D eigenvalue weighted by atomic mass is 9.75. The smallest absolute Gasteiger partial charge is 0.00207 e. The van der Waals surface area contributed by atoms with Gasteiger partial charge in [0.05, 0.1) is 0 Å². The van der Waals surface area contributed by atoms with Crippen LogP contribution in [0.2, 0.25) is 0 Å². The minimum absolute atomic E-state index is 0.714. The van der Waals surface area contributed by atoms with Crippen molar-refractivity contribution in [2.75, 3.05) is 0 Å². The molecule has 2 atom stereocenters. The molecule has 2 aliphatic rings. The Morgan fingerprint density at radius 2 is 2.15 bits per heavy atom. The molecular formula is C13H18. The first-order valence-corrected chi connectivity index (χ1v) is 5.32. The van der Waals surface area contributed by atoms with E-state index in [9.17, 15) is 0 Å². The van der Waals surface area contributed by atoms with Crippen LogP contribution < -0.4 is 0 Å². The molecule has 2 aliphatic carbocycles. The van der Waals surface area contributed by atoms with Crippen molar-refractivity contribution in [1.82, 2.24) is 0 Å². The van der Waals surface area contributed by atoms with Gasteiger partial charge in [-0.3, -0.25) is 0 Å². The second-order valence-electron chi connectivity index (χ2n) is 4.53. The molecule has 0 aromatic carbocycles. The fourth-order valence-corrected chi connectivity index (χ4v) is 2.29. The summed E-state index contributed by atoms with van der Waals surface area (Å²) < 4.78 is 0. The largest absolute Gasteiger partial charge is 0.0804 e. The third-order valence-corrected chi connectivity index (χ3v) is 3.33. The van der Waals surface area contributed by atoms with Crippen molar-refractivity contribution in [2.24, 2.45) is 17.8 Å². The molecule has 0 saturated carbocycles. The molecule has 0 radical (unpaired) electrons. The lowest BCUT2D eigenvalue weighted by Gasteiger charge is -2.30. The summed E-state index contributed by atoms with van der Waals surface area (Å²) in [6.45, 7) is 4.68. The maximum atomic E-state index is 2.43. The first-order chi connectivity index (χ1) is 6.27. The van der Waals surface area contributed by atoms with Gasteiger partial charge < -0.3 is 0 Å². The average Bonchev–Trinajstić information content (AvgIpc) is 2.17. The van der Waals surface area contributed by atoms with Gasteiger partial charge in [0.1, 0.15) is 0 Å². The van der Waals surface area contributed by atoms with Crippen LogP contribution in [0.4, 0.5) is 0 Å². The monoisotopic (exact) mass is 174 g/mol. The Labute approximate surface area is 81.0 Å². The Bertz CT molecular complexity index is 266. The number of hydrogen-bond donors (Lipinski definition) is 0. The van der Waals surface area contributed by atoms with Gasteiger partial charge in [-0.1, -0.05) is 44.2 Å². The molecule has 0 bridgehead atoms. The second-order valence-corrected chi connectivity index (χ2v) is 4.53. The molecule has 0 heterocycles. The van der Waals surface area contributed by atoms with Crippen LogP contribution in [-0.4, -0.2) is 0 Å². The molecule has 0 N–H and O–H groups in total. The van der Waals surface area contributed by atoms with Crippen LogP contribution in [0.5, 0.6) is 0 Å². The highest BCUT2D eigenvalue weighted by Crippen LogP contribution is 2.35. The van der Waals surface area contributed by atoms with Crippen molar-refractivity contribution in [2.45, 2.75) is 26.7 Å². The molecule has 0 aliphatic heterocycles. The van der Waals surface area contributed by atoms with Gasteiger partial charge in [0.15, 0.2) is 0 Å². The summed E-state index contributed by atoms with van der Waals surface area (Å²) in [4.78, 5) is 0. The summed E-state index contributed by atoms with van der Waals surface area (Å²) in [5, 5.41) is 0. The van der Waals surface area contributed by atoms with Crippen molar-refractivity contribution in [1.29, 1.82) is 0 Å². The molecule has 0 saturated heterocycles. The van der Waals surface area contributed by atoms with E-state index in [-0.39, 0.29) is 0 Å². The van der Waals surface area contributed by atoms with Gasteiger partial charge in [0.25, 0.3) is 0 Å². The minimum atomic E-state index is 0.714. The van der Waals surface area contributed by atoms with Crippen LogP contribution in [-0.2, 0) is 0 Å². The van der Waals surface area contributed by atoms with Crippen LogP contribution in [0.3, 0.4) is 0 Å². The second kappa shape index (κ2) is 3.53. The average molecular weight is 174 g/mol. The SMILES string of the molecule is CC(C)C1CC=C2C=CC=CC2C1. The van der Waals surface area contributed by atoms with Crippen LogP contribution in [0, 0.1) is 17.8 Å². The number of hydrogen-bond acceptors (Lipinski definition) is 0. The highest BCUT2D eigenvalue weighted by atomic mass is 14.3. The van der Waals surface area contributed by atoms with E-state index in [1.807, 2.05) is 0 Å². The molecule has 0 nitrogen and oxygen atoms in total. The summed E-state index contributed by atoms with van der Waals surface area (Å²) in [6.07, 6.45) is 14.0. The zero-order valence-electron chi connectivity index (χ0n) is 8.53. The molecule has 70 valence electrons. The van der Waals surface area contributed by atoms with Gasteiger partial charge in [-0.25, -0.2) is 0 Å². The Morgan fingerprint density at radius 1 is 1.31 bits per heavy atom. The van der Waals surface area contributed by atoms with E-state index in [0.717, 1.165) is 11.8 Å². The maximum absolute atomic E-state index is 2.43. The van der Waals surface area contributed by atoms with Gasteiger partial charge >= 0.3 is 0 Å². The Balaban J connectivity index is 2.13. The zero-order chi connectivity index (χ0) is 9.26. The first kappa shape index (κ1) is 8.80. The number of allylic oxidation sites excluding steroid dienone is 6. The molecule has 0 amide bonds. The zero-order valence-corrected chi connectivity index (χ0v) is 8.53. The van der Waals surface area contributed by atoms with Crippen molar-refractivity contribution in [3.8, 4) is 0 Å². The van der Waals surface area contributed by atoms with Crippen molar-refractivity contribution in [3.05, 3.63) is 36.0 Å². The normalized spacial score (nSPS) is 31.8. The van der Waals surface area contributed by atoms with Crippen LogP contribution >= 0.6 is 0 Å². The highest BCUT2D eigenvalue weighted by molar-refractivity contribution is 5.34. The fourth-order valence-electron chi connectivity index (χ4n) is 2.29. The van der Waals surface area contributed by atoms with E-state index in [0.29, 0.717) is 5.92 Å². The Hall–Kier alpha value is -0.780. The third-order valence-electron chi connectivity index (χ3n) is 3.33. The van der Waals surface area contributed by atoms with Gasteiger partial charge in [-0.2, -0.15) is 0 Å². The van der Waals surface area contributed by atoms with Crippen LogP contribution in [0.25, 0.3) is 0 Å². The first-order valence-electron chi connectivity index (χ1n) is 5.32. The number of rotatable bonds is 1. The van der Waals surface area contributed by atoms with Crippen molar-refractivity contribution < 1.29 is 0 Å². The minimum Gasteiger partial charge on any atom is -0.0804 e. The van der Waals surface area contributed by atoms with Gasteiger partial charge in [-0.05, 0) is 30.3 Å². The van der Waals surface area contributed by atoms with Gasteiger partial charge in [0, 0.05) is 5.92 Å². The Kier molecular flexibility index (Phi) is 2.39. The van der Waals surface area contributed by atoms with E-state index in [2.05, 4.69) is 44.2 Å². The predicted octanol–water partition coefficient (Wildman–Crippen LogP) is 3.72. The van der Waals surface area contributed by atoms with E-state index in [1.54, 1.807) is 5.57 Å². The summed E-state index contributed by atoms with van der Waals surface area (Å²) in [7, 11) is 0. The summed E-state index contributed by atoms with van der Waals surface area (Å²) in [5.74, 6) is 2.44. The molecule has 2 rings (SSSR count). The lowest BCUT2D eigenvalue weighted by Crippen LogP contribution is -2.18. The molecular weight excluding hydrogens is 156 g/mol. The summed E-state index contributed by atoms with van der Waals surface area (Å²) in [5.41, 5.74) is 1.54. The van der Waals surface area contributed by atoms with E-state index < -0.39 is 0 Å². The number of fused-ring (bicyclic) bond motifs is 1. The topological polar surface area (TPSA) is 0 Å². The highest BCUT2D eigenvalue weighted by Gasteiger charge is 2.23. The molecule has 0 spiro atoms. The molecule has 0 aromatic heterocycles. The molecule has 0 aromatic rings.